The summed E-state index contributed by atoms with van der Waals surface area (Å²) < 4.78 is 0. The molecule has 0 aliphatic rings. The van der Waals surface area contributed by atoms with E-state index in [2.05, 4.69) is 26.1 Å². The van der Waals surface area contributed by atoms with Gasteiger partial charge in [0.15, 0.2) is 0 Å². The lowest BCUT2D eigenvalue weighted by Gasteiger charge is -2.30. The topological polar surface area (TPSA) is 58.4 Å². The lowest BCUT2D eigenvalue weighted by Crippen LogP contribution is -2.43. The van der Waals surface area contributed by atoms with Crippen LogP contribution < -0.4 is 11.1 Å². The molecular formula is C15H24ClN3O. The molecule has 1 unspecified atom stereocenters. The van der Waals surface area contributed by atoms with E-state index in [0.717, 1.165) is 6.54 Å². The Bertz CT molecular complexity index is 482. The Labute approximate surface area is 126 Å². The van der Waals surface area contributed by atoms with Crippen LogP contribution in [0.3, 0.4) is 0 Å². The van der Waals surface area contributed by atoms with E-state index in [1.54, 1.807) is 18.2 Å². The summed E-state index contributed by atoms with van der Waals surface area (Å²) in [6.45, 7) is 9.14. The Hall–Kier alpha value is -1.26. The molecule has 0 radical (unpaired) electrons. The number of anilines is 2. The molecule has 1 atom stereocenters. The number of rotatable bonds is 4. The van der Waals surface area contributed by atoms with Gasteiger partial charge in [-0.05, 0) is 37.6 Å². The van der Waals surface area contributed by atoms with Crippen LogP contribution in [0.15, 0.2) is 18.2 Å². The molecule has 1 amide bonds. The molecule has 0 heterocycles. The van der Waals surface area contributed by atoms with Crippen LogP contribution in [0.2, 0.25) is 5.02 Å². The number of nitrogens with one attached hydrogen (secondary N) is 1. The van der Waals surface area contributed by atoms with E-state index in [9.17, 15) is 4.79 Å². The number of carbonyl (C=O) groups is 1. The number of nitrogen functional groups attached to an aromatic ring is 1. The second kappa shape index (κ2) is 6.46. The average molecular weight is 298 g/mol. The Morgan fingerprint density at radius 2 is 2.05 bits per heavy atom. The zero-order valence-corrected chi connectivity index (χ0v) is 13.6. The molecule has 0 fully saturated rings. The molecule has 0 aliphatic heterocycles. The summed E-state index contributed by atoms with van der Waals surface area (Å²) in [5, 5.41) is 3.28. The third-order valence-electron chi connectivity index (χ3n) is 3.02. The number of carbonyl (C=O) groups excluding carboxylic acids is 1. The highest BCUT2D eigenvalue weighted by Gasteiger charge is 2.23. The molecule has 3 N–H and O–H groups in total. The van der Waals surface area contributed by atoms with Gasteiger partial charge in [-0.2, -0.15) is 0 Å². The van der Waals surface area contributed by atoms with E-state index >= 15 is 0 Å². The zero-order valence-electron chi connectivity index (χ0n) is 12.8. The van der Waals surface area contributed by atoms with Crippen molar-refractivity contribution in [3.05, 3.63) is 23.2 Å². The second-order valence-corrected chi connectivity index (χ2v) is 6.79. The summed E-state index contributed by atoms with van der Waals surface area (Å²) in [6, 6.07) is 4.82. The van der Waals surface area contributed by atoms with Crippen molar-refractivity contribution in [1.82, 2.24) is 4.90 Å². The number of hydrogen-bond donors (Lipinski definition) is 2. The van der Waals surface area contributed by atoms with Crippen LogP contribution >= 0.6 is 11.6 Å². The van der Waals surface area contributed by atoms with Crippen molar-refractivity contribution in [3.8, 4) is 0 Å². The van der Waals surface area contributed by atoms with Crippen LogP contribution in [0, 0.1) is 5.41 Å². The number of nitrogens with zero attached hydrogens (tertiary/aromatic N) is 1. The lowest BCUT2D eigenvalue weighted by atomic mass is 9.95. The van der Waals surface area contributed by atoms with Crippen LogP contribution in [0.4, 0.5) is 11.4 Å². The van der Waals surface area contributed by atoms with Crippen LogP contribution in [-0.2, 0) is 4.79 Å². The fourth-order valence-electron chi connectivity index (χ4n) is 1.96. The summed E-state index contributed by atoms with van der Waals surface area (Å²) in [6.07, 6.45) is 0. The number of hydrogen-bond acceptors (Lipinski definition) is 3. The highest BCUT2D eigenvalue weighted by atomic mass is 35.5. The average Bonchev–Trinajstić information content (AvgIpc) is 2.29. The summed E-state index contributed by atoms with van der Waals surface area (Å²) in [5.41, 5.74) is 6.93. The molecule has 1 aromatic rings. The van der Waals surface area contributed by atoms with Crippen molar-refractivity contribution in [1.29, 1.82) is 0 Å². The highest BCUT2D eigenvalue weighted by Crippen LogP contribution is 2.24. The summed E-state index contributed by atoms with van der Waals surface area (Å²) in [5.74, 6) is -0.0802. The van der Waals surface area contributed by atoms with Crippen molar-refractivity contribution in [2.45, 2.75) is 33.7 Å². The van der Waals surface area contributed by atoms with Gasteiger partial charge in [0.2, 0.25) is 5.91 Å². The molecule has 0 saturated heterocycles. The van der Waals surface area contributed by atoms with Gasteiger partial charge in [0.05, 0.1) is 16.8 Å². The van der Waals surface area contributed by atoms with Crippen LogP contribution in [-0.4, -0.2) is 30.4 Å². The van der Waals surface area contributed by atoms with Crippen LogP contribution in [0.5, 0.6) is 0 Å². The zero-order chi connectivity index (χ0) is 15.5. The minimum absolute atomic E-state index is 0.0802. The van der Waals surface area contributed by atoms with Crippen molar-refractivity contribution in [3.63, 3.8) is 0 Å². The molecule has 0 spiro atoms. The Balaban J connectivity index is 2.70. The minimum atomic E-state index is -0.233. The summed E-state index contributed by atoms with van der Waals surface area (Å²) >= 11 is 6.06. The maximum atomic E-state index is 12.2. The van der Waals surface area contributed by atoms with Crippen LogP contribution in [0.25, 0.3) is 0 Å². The first-order valence-electron chi connectivity index (χ1n) is 6.66. The van der Waals surface area contributed by atoms with E-state index in [0.29, 0.717) is 16.4 Å². The highest BCUT2D eigenvalue weighted by molar-refractivity contribution is 6.34. The quantitative estimate of drug-likeness (QED) is 0.839. The Kier molecular flexibility index (Phi) is 5.42. The maximum Gasteiger partial charge on any atom is 0.241 e. The normalized spacial score (nSPS) is 13.3. The maximum absolute atomic E-state index is 12.2. The molecule has 0 aromatic heterocycles. The van der Waals surface area contributed by atoms with E-state index < -0.39 is 0 Å². The van der Waals surface area contributed by atoms with Gasteiger partial charge in [0.25, 0.3) is 0 Å². The Morgan fingerprint density at radius 3 is 2.55 bits per heavy atom. The first-order valence-corrected chi connectivity index (χ1v) is 7.04. The number of nitrogens with two attached hydrogens (primary N) is 1. The molecule has 0 bridgehead atoms. The van der Waals surface area contributed by atoms with E-state index in [1.165, 1.54) is 0 Å². The number of likely N-dealkylation sites (N-methyl/N-ethyl adjacent to an activating group) is 1. The molecule has 1 rings (SSSR count). The number of amides is 1. The van der Waals surface area contributed by atoms with Crippen molar-refractivity contribution in [2.24, 2.45) is 5.41 Å². The first-order chi connectivity index (χ1) is 9.10. The molecular weight excluding hydrogens is 274 g/mol. The van der Waals surface area contributed by atoms with Crippen molar-refractivity contribution >= 4 is 28.9 Å². The fourth-order valence-corrected chi connectivity index (χ4v) is 2.19. The van der Waals surface area contributed by atoms with Gasteiger partial charge in [0, 0.05) is 12.2 Å². The summed E-state index contributed by atoms with van der Waals surface area (Å²) in [4.78, 5) is 14.3. The van der Waals surface area contributed by atoms with Gasteiger partial charge < -0.3 is 11.1 Å². The standard InChI is InChI=1S/C15H24ClN3O/c1-10(19(5)9-15(2,3)4)14(20)18-13-7-6-11(17)8-12(13)16/h6-8,10H,9,17H2,1-5H3,(H,18,20). The van der Waals surface area contributed by atoms with Crippen molar-refractivity contribution < 1.29 is 4.79 Å². The van der Waals surface area contributed by atoms with Gasteiger partial charge in [-0.1, -0.05) is 32.4 Å². The van der Waals surface area contributed by atoms with Crippen molar-refractivity contribution in [2.75, 3.05) is 24.6 Å². The smallest absolute Gasteiger partial charge is 0.241 e. The van der Waals surface area contributed by atoms with Gasteiger partial charge in [0.1, 0.15) is 0 Å². The van der Waals surface area contributed by atoms with Gasteiger partial charge in [-0.3, -0.25) is 9.69 Å². The molecule has 112 valence electrons. The molecule has 4 nitrogen and oxygen atoms in total. The number of halogens is 1. The van der Waals surface area contributed by atoms with Crippen LogP contribution in [0.1, 0.15) is 27.7 Å². The number of benzene rings is 1. The lowest BCUT2D eigenvalue weighted by molar-refractivity contribution is -0.120. The molecule has 1 aromatic carbocycles. The largest absolute Gasteiger partial charge is 0.399 e. The van der Waals surface area contributed by atoms with E-state index in [-0.39, 0.29) is 17.4 Å². The van der Waals surface area contributed by atoms with Gasteiger partial charge >= 0.3 is 0 Å². The SMILES string of the molecule is CC(C(=O)Nc1ccc(N)cc1Cl)N(C)CC(C)(C)C. The third-order valence-corrected chi connectivity index (χ3v) is 3.33. The monoisotopic (exact) mass is 297 g/mol. The molecule has 0 aliphatic carbocycles. The fraction of sp³-hybridized carbons (Fsp3) is 0.533. The predicted octanol–water partition coefficient (Wildman–Crippen LogP) is 3.23. The predicted molar refractivity (Wildman–Crippen MR) is 86.0 cm³/mol. The summed E-state index contributed by atoms with van der Waals surface area (Å²) in [7, 11) is 1.94. The van der Waals surface area contributed by atoms with E-state index in [4.69, 9.17) is 17.3 Å². The van der Waals surface area contributed by atoms with Gasteiger partial charge in [-0.15, -0.1) is 0 Å². The minimum Gasteiger partial charge on any atom is -0.399 e. The molecule has 5 heteroatoms. The van der Waals surface area contributed by atoms with E-state index in [1.807, 2.05) is 18.9 Å². The molecule has 0 saturated carbocycles. The first kappa shape index (κ1) is 16.8. The molecule has 20 heavy (non-hydrogen) atoms. The second-order valence-electron chi connectivity index (χ2n) is 6.38. The Morgan fingerprint density at radius 1 is 1.45 bits per heavy atom. The van der Waals surface area contributed by atoms with Gasteiger partial charge in [-0.25, -0.2) is 0 Å². The third kappa shape index (κ3) is 5.02.